The lowest BCUT2D eigenvalue weighted by atomic mass is 9.93. The zero-order chi connectivity index (χ0) is 14.5. The molecule has 0 N–H and O–H groups in total. The average Bonchev–Trinajstić information content (AvgIpc) is 3.30. The number of hydrogen-bond acceptors (Lipinski definition) is 3. The van der Waals surface area contributed by atoms with Crippen molar-refractivity contribution in [2.24, 2.45) is 0 Å². The van der Waals surface area contributed by atoms with Crippen molar-refractivity contribution in [2.45, 2.75) is 24.7 Å². The Hall–Kier alpha value is -2.29. The largest absolute Gasteiger partial charge is 0.468 e. The van der Waals surface area contributed by atoms with Gasteiger partial charge in [-0.3, -0.25) is 4.79 Å². The van der Waals surface area contributed by atoms with Crippen molar-refractivity contribution in [2.75, 3.05) is 6.61 Å². The molecule has 0 aromatic heterocycles. The summed E-state index contributed by atoms with van der Waals surface area (Å²) in [6.45, 7) is 1.01. The van der Waals surface area contributed by atoms with Crippen LogP contribution in [0.5, 0.6) is 11.5 Å². The number of hydrogen-bond donors (Lipinski definition) is 0. The fraction of sp³-hybridized carbons (Fsp3) is 0.278. The molecule has 1 fully saturated rings. The summed E-state index contributed by atoms with van der Waals surface area (Å²) in [6, 6.07) is 18.0. The molecule has 21 heavy (non-hydrogen) atoms. The minimum Gasteiger partial charge on any atom is -0.468 e. The Morgan fingerprint density at radius 3 is 2.24 bits per heavy atom. The van der Waals surface area contributed by atoms with Gasteiger partial charge in [0.2, 0.25) is 0 Å². The van der Waals surface area contributed by atoms with Crippen LogP contribution in [0.15, 0.2) is 54.6 Å². The molecule has 2 aromatic rings. The van der Waals surface area contributed by atoms with Crippen LogP contribution in [0.1, 0.15) is 24.8 Å². The molecule has 3 rings (SSSR count). The molecule has 0 unspecified atom stereocenters. The maximum absolute atomic E-state index is 10.2. The van der Waals surface area contributed by atoms with Crippen molar-refractivity contribution in [3.05, 3.63) is 60.2 Å². The maximum atomic E-state index is 10.2. The average molecular weight is 282 g/mol. The number of ether oxygens (including phenoxy) is 2. The van der Waals surface area contributed by atoms with Crippen molar-refractivity contribution < 1.29 is 14.3 Å². The molecule has 0 radical (unpaired) electrons. The summed E-state index contributed by atoms with van der Waals surface area (Å²) in [6.07, 6.45) is 3.22. The third-order valence-electron chi connectivity index (χ3n) is 4.07. The topological polar surface area (TPSA) is 35.5 Å². The van der Waals surface area contributed by atoms with Gasteiger partial charge in [0.15, 0.2) is 0 Å². The van der Waals surface area contributed by atoms with Gasteiger partial charge in [-0.25, -0.2) is 0 Å². The molecule has 0 amide bonds. The Labute approximate surface area is 124 Å². The zero-order valence-electron chi connectivity index (χ0n) is 11.8. The first-order valence-corrected chi connectivity index (χ1v) is 7.21. The van der Waals surface area contributed by atoms with Crippen LogP contribution >= 0.6 is 0 Å². The highest BCUT2D eigenvalue weighted by Gasteiger charge is 2.43. The molecule has 0 saturated heterocycles. The molecular formula is C18H18O3. The second kappa shape index (κ2) is 6.00. The van der Waals surface area contributed by atoms with Crippen molar-refractivity contribution >= 4 is 6.47 Å². The van der Waals surface area contributed by atoms with E-state index >= 15 is 0 Å². The predicted octanol–water partition coefficient (Wildman–Crippen LogP) is 4.07. The maximum Gasteiger partial charge on any atom is 0.293 e. The minimum absolute atomic E-state index is 0.203. The van der Waals surface area contributed by atoms with Crippen LogP contribution in [0.25, 0.3) is 0 Å². The van der Waals surface area contributed by atoms with Gasteiger partial charge in [-0.15, -0.1) is 0 Å². The van der Waals surface area contributed by atoms with E-state index in [1.54, 1.807) is 0 Å². The van der Waals surface area contributed by atoms with Gasteiger partial charge in [0.25, 0.3) is 6.47 Å². The highest BCUT2D eigenvalue weighted by Crippen LogP contribution is 2.51. The third kappa shape index (κ3) is 3.24. The molecule has 0 heterocycles. The zero-order valence-corrected chi connectivity index (χ0v) is 11.8. The van der Waals surface area contributed by atoms with Crippen molar-refractivity contribution in [3.8, 4) is 11.5 Å². The second-order valence-electron chi connectivity index (χ2n) is 5.44. The Bertz CT molecular complexity index is 586. The third-order valence-corrected chi connectivity index (χ3v) is 4.07. The summed E-state index contributed by atoms with van der Waals surface area (Å²) in [4.78, 5) is 10.2. The lowest BCUT2D eigenvalue weighted by molar-refractivity contribution is -0.128. The lowest BCUT2D eigenvalue weighted by Crippen LogP contribution is -2.10. The van der Waals surface area contributed by atoms with E-state index in [1.807, 2.05) is 42.5 Å². The van der Waals surface area contributed by atoms with E-state index in [0.717, 1.165) is 30.8 Å². The summed E-state index contributed by atoms with van der Waals surface area (Å²) < 4.78 is 10.6. The van der Waals surface area contributed by atoms with Crippen LogP contribution in [0.4, 0.5) is 0 Å². The lowest BCUT2D eigenvalue weighted by Gasteiger charge is -2.15. The van der Waals surface area contributed by atoms with Gasteiger partial charge in [-0.2, -0.15) is 0 Å². The van der Waals surface area contributed by atoms with Gasteiger partial charge in [-0.05, 0) is 54.5 Å². The molecular weight excluding hydrogens is 264 g/mol. The Kier molecular flexibility index (Phi) is 3.91. The van der Waals surface area contributed by atoms with E-state index in [9.17, 15) is 4.79 Å². The van der Waals surface area contributed by atoms with E-state index in [0.29, 0.717) is 13.1 Å². The van der Waals surface area contributed by atoms with Crippen LogP contribution in [0.2, 0.25) is 0 Å². The molecule has 0 spiro atoms. The number of carbonyl (C=O) groups is 1. The first kappa shape index (κ1) is 13.7. The monoisotopic (exact) mass is 282 g/mol. The fourth-order valence-corrected chi connectivity index (χ4v) is 2.64. The number of benzene rings is 2. The van der Waals surface area contributed by atoms with Gasteiger partial charge in [-0.1, -0.05) is 30.3 Å². The summed E-state index contributed by atoms with van der Waals surface area (Å²) in [5.74, 6) is 1.68. The molecule has 1 saturated carbocycles. The highest BCUT2D eigenvalue weighted by molar-refractivity contribution is 5.39. The van der Waals surface area contributed by atoms with E-state index in [1.165, 1.54) is 5.56 Å². The summed E-state index contributed by atoms with van der Waals surface area (Å²) in [7, 11) is 0. The predicted molar refractivity (Wildman–Crippen MR) is 80.5 cm³/mol. The van der Waals surface area contributed by atoms with Crippen molar-refractivity contribution in [1.29, 1.82) is 0 Å². The SMILES string of the molecule is O=COCCC1(c2ccc(Oc3ccccc3)cc2)CC1. The van der Waals surface area contributed by atoms with Crippen LogP contribution in [0, 0.1) is 0 Å². The van der Waals surface area contributed by atoms with E-state index in [2.05, 4.69) is 12.1 Å². The first-order chi connectivity index (χ1) is 10.3. The van der Waals surface area contributed by atoms with E-state index in [-0.39, 0.29) is 5.41 Å². The van der Waals surface area contributed by atoms with Gasteiger partial charge < -0.3 is 9.47 Å². The molecule has 3 heteroatoms. The normalized spacial score (nSPS) is 15.2. The number of carbonyl (C=O) groups excluding carboxylic acids is 1. The van der Waals surface area contributed by atoms with Crippen LogP contribution < -0.4 is 4.74 Å². The molecule has 0 bridgehead atoms. The molecule has 2 aromatic carbocycles. The van der Waals surface area contributed by atoms with Gasteiger partial charge >= 0.3 is 0 Å². The number of para-hydroxylation sites is 1. The number of rotatable bonds is 7. The van der Waals surface area contributed by atoms with Gasteiger partial charge in [0, 0.05) is 0 Å². The summed E-state index contributed by atoms with van der Waals surface area (Å²) in [5, 5.41) is 0. The molecule has 1 aliphatic rings. The molecule has 0 atom stereocenters. The quantitative estimate of drug-likeness (QED) is 0.567. The van der Waals surface area contributed by atoms with Crippen LogP contribution in [0.3, 0.4) is 0 Å². The van der Waals surface area contributed by atoms with E-state index < -0.39 is 0 Å². The van der Waals surface area contributed by atoms with Gasteiger partial charge in [0.05, 0.1) is 6.61 Å². The Morgan fingerprint density at radius 2 is 1.62 bits per heavy atom. The molecule has 0 aliphatic heterocycles. The van der Waals surface area contributed by atoms with Crippen LogP contribution in [-0.2, 0) is 14.9 Å². The molecule has 1 aliphatic carbocycles. The van der Waals surface area contributed by atoms with Crippen molar-refractivity contribution in [1.82, 2.24) is 0 Å². The highest BCUT2D eigenvalue weighted by atomic mass is 16.5. The smallest absolute Gasteiger partial charge is 0.293 e. The summed E-state index contributed by atoms with van der Waals surface area (Å²) >= 11 is 0. The van der Waals surface area contributed by atoms with Crippen molar-refractivity contribution in [3.63, 3.8) is 0 Å². The molecule has 3 nitrogen and oxygen atoms in total. The standard InChI is InChI=1S/C18H18O3/c19-14-20-13-12-18(10-11-18)15-6-8-17(9-7-15)21-16-4-2-1-3-5-16/h1-9,14H,10-13H2. The minimum atomic E-state index is 0.203. The molecule has 108 valence electrons. The van der Waals surface area contributed by atoms with Crippen LogP contribution in [-0.4, -0.2) is 13.1 Å². The fourth-order valence-electron chi connectivity index (χ4n) is 2.64. The van der Waals surface area contributed by atoms with E-state index in [4.69, 9.17) is 9.47 Å². The second-order valence-corrected chi connectivity index (χ2v) is 5.44. The summed E-state index contributed by atoms with van der Waals surface area (Å²) in [5.41, 5.74) is 1.51. The Morgan fingerprint density at radius 1 is 0.952 bits per heavy atom. The first-order valence-electron chi connectivity index (χ1n) is 7.21. The van der Waals surface area contributed by atoms with Gasteiger partial charge in [0.1, 0.15) is 11.5 Å². The Balaban J connectivity index is 1.65.